The topological polar surface area (TPSA) is 16.1 Å². The maximum absolute atomic E-state index is 4.54. The monoisotopic (exact) mass is 244 g/mol. The summed E-state index contributed by atoms with van der Waals surface area (Å²) in [7, 11) is 0. The van der Waals surface area contributed by atoms with E-state index >= 15 is 0 Å². The van der Waals surface area contributed by atoms with Crippen LogP contribution in [0.2, 0.25) is 0 Å². The zero-order chi connectivity index (χ0) is 11.7. The zero-order valence-electron chi connectivity index (χ0n) is 10.0. The van der Waals surface area contributed by atoms with Crippen molar-refractivity contribution < 1.29 is 0 Å². The van der Waals surface area contributed by atoms with E-state index in [1.54, 1.807) is 11.3 Å². The highest BCUT2D eigenvalue weighted by molar-refractivity contribution is 7.09. The van der Waals surface area contributed by atoms with Gasteiger partial charge in [-0.25, -0.2) is 4.98 Å². The van der Waals surface area contributed by atoms with Gasteiger partial charge in [-0.05, 0) is 24.5 Å². The third-order valence-corrected chi connectivity index (χ3v) is 4.08. The molecule has 0 radical (unpaired) electrons. The van der Waals surface area contributed by atoms with Crippen LogP contribution in [0.5, 0.6) is 0 Å². The number of thiazole rings is 1. The van der Waals surface area contributed by atoms with E-state index in [9.17, 15) is 0 Å². The Morgan fingerprint density at radius 2 is 2.12 bits per heavy atom. The molecule has 2 aromatic rings. The molecule has 0 N–H and O–H groups in total. The molecule has 1 aliphatic heterocycles. The minimum absolute atomic E-state index is 0.985. The van der Waals surface area contributed by atoms with Crippen LogP contribution in [0.25, 0.3) is 0 Å². The highest BCUT2D eigenvalue weighted by Gasteiger charge is 2.16. The number of hydrogen-bond acceptors (Lipinski definition) is 3. The van der Waals surface area contributed by atoms with E-state index in [4.69, 9.17) is 0 Å². The number of fused-ring (bicyclic) bond motifs is 1. The first kappa shape index (κ1) is 10.9. The molecule has 1 aromatic carbocycles. The van der Waals surface area contributed by atoms with Gasteiger partial charge in [-0.2, -0.15) is 0 Å². The number of nitrogens with zero attached hydrogens (tertiary/aromatic N) is 2. The molecular weight excluding hydrogens is 228 g/mol. The molecule has 0 saturated carbocycles. The third-order valence-electron chi connectivity index (χ3n) is 3.26. The lowest BCUT2D eigenvalue weighted by Gasteiger charge is -2.27. The summed E-state index contributed by atoms with van der Waals surface area (Å²) in [5, 5.41) is 3.34. The molecular formula is C14H16N2S. The van der Waals surface area contributed by atoms with Crippen LogP contribution in [0, 0.1) is 6.92 Å². The second-order valence-corrected chi connectivity index (χ2v) is 5.65. The first-order chi connectivity index (χ1) is 8.31. The molecule has 3 rings (SSSR count). The van der Waals surface area contributed by atoms with Gasteiger partial charge in [-0.15, -0.1) is 11.3 Å². The summed E-state index contributed by atoms with van der Waals surface area (Å²) in [6, 6.07) is 8.76. The summed E-state index contributed by atoms with van der Waals surface area (Å²) in [5.41, 5.74) is 4.20. The van der Waals surface area contributed by atoms with E-state index in [-0.39, 0.29) is 0 Å². The molecule has 0 aliphatic carbocycles. The Hall–Kier alpha value is -1.19. The fraction of sp³-hybridized carbons (Fsp3) is 0.357. The predicted octanol–water partition coefficient (Wildman–Crippen LogP) is 3.01. The van der Waals surface area contributed by atoms with E-state index < -0.39 is 0 Å². The minimum atomic E-state index is 0.985. The van der Waals surface area contributed by atoms with Crippen molar-refractivity contribution in [1.29, 1.82) is 0 Å². The van der Waals surface area contributed by atoms with E-state index in [1.165, 1.54) is 23.2 Å². The average molecular weight is 244 g/mol. The van der Waals surface area contributed by atoms with Crippen molar-refractivity contribution in [3.05, 3.63) is 51.5 Å². The van der Waals surface area contributed by atoms with E-state index in [0.29, 0.717) is 0 Å². The van der Waals surface area contributed by atoms with Crippen molar-refractivity contribution in [2.75, 3.05) is 6.54 Å². The van der Waals surface area contributed by atoms with Crippen molar-refractivity contribution >= 4 is 11.3 Å². The summed E-state index contributed by atoms with van der Waals surface area (Å²) in [6.45, 7) is 5.26. The highest BCUT2D eigenvalue weighted by Crippen LogP contribution is 2.20. The fourth-order valence-electron chi connectivity index (χ4n) is 2.40. The molecule has 1 aromatic heterocycles. The Bertz CT molecular complexity index is 518. The maximum atomic E-state index is 4.54. The van der Waals surface area contributed by atoms with Gasteiger partial charge in [0, 0.05) is 25.0 Å². The molecule has 0 saturated heterocycles. The van der Waals surface area contributed by atoms with Gasteiger partial charge in [0.05, 0.1) is 10.7 Å². The zero-order valence-corrected chi connectivity index (χ0v) is 10.8. The lowest BCUT2D eigenvalue weighted by Crippen LogP contribution is -2.30. The predicted molar refractivity (Wildman–Crippen MR) is 71.1 cm³/mol. The number of rotatable bonds is 2. The van der Waals surface area contributed by atoms with Gasteiger partial charge < -0.3 is 0 Å². The molecule has 2 heterocycles. The summed E-state index contributed by atoms with van der Waals surface area (Å²) in [4.78, 5) is 7.02. The second-order valence-electron chi connectivity index (χ2n) is 4.59. The van der Waals surface area contributed by atoms with E-state index in [2.05, 4.69) is 46.5 Å². The van der Waals surface area contributed by atoms with Crippen LogP contribution in [0.15, 0.2) is 29.6 Å². The first-order valence-corrected chi connectivity index (χ1v) is 6.89. The van der Waals surface area contributed by atoms with Gasteiger partial charge >= 0.3 is 0 Å². The molecule has 0 fully saturated rings. The van der Waals surface area contributed by atoms with Gasteiger partial charge in [0.25, 0.3) is 0 Å². The molecule has 0 atom stereocenters. The molecule has 17 heavy (non-hydrogen) atoms. The van der Waals surface area contributed by atoms with Crippen LogP contribution < -0.4 is 0 Å². The largest absolute Gasteiger partial charge is 0.293 e. The molecule has 0 amide bonds. The lowest BCUT2D eigenvalue weighted by molar-refractivity contribution is 0.243. The van der Waals surface area contributed by atoms with Crippen molar-refractivity contribution in [3.63, 3.8) is 0 Å². The van der Waals surface area contributed by atoms with Crippen LogP contribution >= 0.6 is 11.3 Å². The molecule has 3 heteroatoms. The Kier molecular flexibility index (Phi) is 2.95. The molecule has 2 nitrogen and oxygen atoms in total. The first-order valence-electron chi connectivity index (χ1n) is 6.01. The Balaban J connectivity index is 1.72. The number of benzene rings is 1. The standard InChI is InChI=1S/C14H16N2S/c1-11-15-14(10-17-11)9-16-7-6-12-4-2-3-5-13(12)8-16/h2-5,10H,6-9H2,1H3. The number of hydrogen-bond donors (Lipinski definition) is 0. The number of aromatic nitrogens is 1. The second kappa shape index (κ2) is 4.59. The fourth-order valence-corrected chi connectivity index (χ4v) is 3.00. The van der Waals surface area contributed by atoms with Crippen LogP contribution in [0.4, 0.5) is 0 Å². The molecule has 0 bridgehead atoms. The smallest absolute Gasteiger partial charge is 0.0897 e. The summed E-state index contributed by atoms with van der Waals surface area (Å²) >= 11 is 1.74. The Labute approximate surface area is 106 Å². The normalized spacial score (nSPS) is 15.8. The van der Waals surface area contributed by atoms with Crippen LogP contribution in [-0.2, 0) is 19.5 Å². The van der Waals surface area contributed by atoms with E-state index in [1.807, 2.05) is 0 Å². The molecule has 1 aliphatic rings. The SMILES string of the molecule is Cc1nc(CN2CCc3ccccc3C2)cs1. The Morgan fingerprint density at radius 1 is 1.29 bits per heavy atom. The number of aryl methyl sites for hydroxylation is 1. The van der Waals surface area contributed by atoms with Crippen LogP contribution in [0.1, 0.15) is 21.8 Å². The van der Waals surface area contributed by atoms with Crippen LogP contribution in [-0.4, -0.2) is 16.4 Å². The van der Waals surface area contributed by atoms with Gasteiger partial charge in [0.1, 0.15) is 0 Å². The molecule has 0 spiro atoms. The average Bonchev–Trinajstić information content (AvgIpc) is 2.75. The highest BCUT2D eigenvalue weighted by atomic mass is 32.1. The maximum Gasteiger partial charge on any atom is 0.0897 e. The summed E-state index contributed by atoms with van der Waals surface area (Å²) in [6.07, 6.45) is 1.17. The van der Waals surface area contributed by atoms with Crippen molar-refractivity contribution in [2.45, 2.75) is 26.4 Å². The van der Waals surface area contributed by atoms with E-state index in [0.717, 1.165) is 24.6 Å². The van der Waals surface area contributed by atoms with Gasteiger partial charge in [-0.3, -0.25) is 4.90 Å². The quantitative estimate of drug-likeness (QED) is 0.807. The molecule has 88 valence electrons. The lowest BCUT2D eigenvalue weighted by atomic mass is 10.00. The summed E-state index contributed by atoms with van der Waals surface area (Å²) < 4.78 is 0. The van der Waals surface area contributed by atoms with Gasteiger partial charge in [-0.1, -0.05) is 24.3 Å². The van der Waals surface area contributed by atoms with Gasteiger partial charge in [0.2, 0.25) is 0 Å². The third kappa shape index (κ3) is 2.40. The minimum Gasteiger partial charge on any atom is -0.293 e. The Morgan fingerprint density at radius 3 is 2.88 bits per heavy atom. The van der Waals surface area contributed by atoms with Crippen molar-refractivity contribution in [3.8, 4) is 0 Å². The van der Waals surface area contributed by atoms with Crippen molar-refractivity contribution in [2.24, 2.45) is 0 Å². The van der Waals surface area contributed by atoms with Gasteiger partial charge in [0.15, 0.2) is 0 Å². The summed E-state index contributed by atoms with van der Waals surface area (Å²) in [5.74, 6) is 0. The van der Waals surface area contributed by atoms with Crippen molar-refractivity contribution in [1.82, 2.24) is 9.88 Å². The van der Waals surface area contributed by atoms with Crippen LogP contribution in [0.3, 0.4) is 0 Å². The molecule has 0 unspecified atom stereocenters.